The molecule has 0 spiro atoms. The van der Waals surface area contributed by atoms with E-state index >= 15 is 0 Å². The summed E-state index contributed by atoms with van der Waals surface area (Å²) in [5.74, 6) is -1.17. The van der Waals surface area contributed by atoms with Crippen molar-refractivity contribution in [2.24, 2.45) is 5.92 Å². The Balaban J connectivity index is 1.58. The van der Waals surface area contributed by atoms with Gasteiger partial charge in [0.2, 0.25) is 0 Å². The van der Waals surface area contributed by atoms with Gasteiger partial charge >= 0.3 is 6.18 Å². The van der Waals surface area contributed by atoms with Crippen LogP contribution < -0.4 is 5.32 Å². The molecule has 2 aromatic carbocycles. The van der Waals surface area contributed by atoms with Gasteiger partial charge in [-0.25, -0.2) is 0 Å². The summed E-state index contributed by atoms with van der Waals surface area (Å²) in [6.07, 6.45) is -3.24. The summed E-state index contributed by atoms with van der Waals surface area (Å²) in [6.45, 7) is 1.77. The van der Waals surface area contributed by atoms with Gasteiger partial charge in [-0.15, -0.1) is 0 Å². The van der Waals surface area contributed by atoms with Crippen molar-refractivity contribution in [3.05, 3.63) is 94.8 Å². The van der Waals surface area contributed by atoms with Crippen molar-refractivity contribution in [3.8, 4) is 0 Å². The van der Waals surface area contributed by atoms with Crippen LogP contribution >= 0.6 is 0 Å². The number of aryl methyl sites for hydroxylation is 1. The molecule has 1 fully saturated rings. The molecule has 1 heterocycles. The number of halogens is 3. The molecule has 2 N–H and O–H groups in total. The first-order chi connectivity index (χ1) is 18.0. The molecule has 38 heavy (non-hydrogen) atoms. The minimum absolute atomic E-state index is 0.0505. The van der Waals surface area contributed by atoms with E-state index in [4.69, 9.17) is 0 Å². The van der Waals surface area contributed by atoms with Crippen molar-refractivity contribution in [1.82, 2.24) is 4.98 Å². The van der Waals surface area contributed by atoms with Gasteiger partial charge in [-0.1, -0.05) is 36.4 Å². The second kappa shape index (κ2) is 9.66. The molecule has 1 saturated carbocycles. The number of carbonyl (C=O) groups excluding carboxylic acids is 2. The van der Waals surface area contributed by atoms with E-state index in [1.807, 2.05) is 30.3 Å². The Labute approximate surface area is 219 Å². The molecule has 1 aromatic heterocycles. The van der Waals surface area contributed by atoms with E-state index in [9.17, 15) is 27.9 Å². The summed E-state index contributed by atoms with van der Waals surface area (Å²) in [5, 5.41) is 13.5. The third kappa shape index (κ3) is 4.62. The van der Waals surface area contributed by atoms with Crippen molar-refractivity contribution in [2.75, 3.05) is 5.32 Å². The van der Waals surface area contributed by atoms with Gasteiger partial charge in [-0.05, 0) is 80.3 Å². The SMILES string of the molecule is Cc1ncccc1NC(=O)c1ccc2c(c1)C(=O)CC[C@@H]1C[C@@](O)(C(F)(F)F)CC[C@@]21Cc1ccccc1. The van der Waals surface area contributed by atoms with Crippen LogP contribution in [0.5, 0.6) is 0 Å². The molecule has 0 bridgehead atoms. The number of alkyl halides is 3. The number of nitrogens with one attached hydrogen (secondary N) is 1. The highest BCUT2D eigenvalue weighted by Crippen LogP contribution is 2.56. The molecule has 198 valence electrons. The molecule has 8 heteroatoms. The Kier molecular flexibility index (Phi) is 6.63. The van der Waals surface area contributed by atoms with Gasteiger partial charge in [0, 0.05) is 29.2 Å². The molecule has 5 rings (SSSR count). The fourth-order valence-corrected chi connectivity index (χ4v) is 6.22. The third-order valence-electron chi connectivity index (χ3n) is 8.33. The second-order valence-corrected chi connectivity index (χ2v) is 10.6. The third-order valence-corrected chi connectivity index (χ3v) is 8.33. The number of rotatable bonds is 4. The van der Waals surface area contributed by atoms with Gasteiger partial charge in [0.05, 0.1) is 11.4 Å². The van der Waals surface area contributed by atoms with Gasteiger partial charge in [-0.2, -0.15) is 13.2 Å². The Bertz CT molecular complexity index is 1370. The van der Waals surface area contributed by atoms with Crippen LogP contribution in [0.15, 0.2) is 66.9 Å². The number of carbonyl (C=O) groups is 2. The minimum Gasteiger partial charge on any atom is -0.380 e. The Morgan fingerprint density at radius 1 is 1.11 bits per heavy atom. The fraction of sp³-hybridized carbons (Fsp3) is 0.367. The smallest absolute Gasteiger partial charge is 0.380 e. The quantitative estimate of drug-likeness (QED) is 0.428. The molecule has 0 aliphatic heterocycles. The van der Waals surface area contributed by atoms with Crippen LogP contribution in [0.25, 0.3) is 0 Å². The first-order valence-electron chi connectivity index (χ1n) is 12.8. The average molecular weight is 523 g/mol. The number of pyridine rings is 1. The summed E-state index contributed by atoms with van der Waals surface area (Å²) in [7, 11) is 0. The lowest BCUT2D eigenvalue weighted by atomic mass is 9.56. The van der Waals surface area contributed by atoms with Crippen molar-refractivity contribution in [2.45, 2.75) is 62.6 Å². The maximum Gasteiger partial charge on any atom is 0.417 e. The summed E-state index contributed by atoms with van der Waals surface area (Å²) < 4.78 is 41.7. The monoisotopic (exact) mass is 522 g/mol. The summed E-state index contributed by atoms with van der Waals surface area (Å²) >= 11 is 0. The number of anilines is 1. The molecule has 0 radical (unpaired) electrons. The van der Waals surface area contributed by atoms with Gasteiger partial charge in [0.15, 0.2) is 11.4 Å². The highest BCUT2D eigenvalue weighted by atomic mass is 19.4. The fourth-order valence-electron chi connectivity index (χ4n) is 6.22. The number of aliphatic hydroxyl groups is 1. The average Bonchev–Trinajstić information content (AvgIpc) is 3.00. The van der Waals surface area contributed by atoms with Crippen molar-refractivity contribution >= 4 is 17.4 Å². The Morgan fingerprint density at radius 2 is 1.87 bits per heavy atom. The van der Waals surface area contributed by atoms with E-state index in [1.165, 1.54) is 0 Å². The molecule has 5 nitrogen and oxygen atoms in total. The maximum atomic E-state index is 13.9. The summed E-state index contributed by atoms with van der Waals surface area (Å²) in [5.41, 5.74) is -0.0972. The minimum atomic E-state index is -4.75. The zero-order chi connectivity index (χ0) is 27.1. The predicted octanol–water partition coefficient (Wildman–Crippen LogP) is 6.19. The number of nitrogens with zero attached hydrogens (tertiary/aromatic N) is 1. The number of amides is 1. The van der Waals surface area contributed by atoms with Crippen molar-refractivity contribution in [1.29, 1.82) is 0 Å². The molecule has 1 amide bonds. The zero-order valence-corrected chi connectivity index (χ0v) is 21.0. The van der Waals surface area contributed by atoms with E-state index in [0.29, 0.717) is 28.9 Å². The van der Waals surface area contributed by atoms with E-state index in [0.717, 1.165) is 5.56 Å². The van der Waals surface area contributed by atoms with E-state index in [2.05, 4.69) is 10.3 Å². The molecule has 0 unspecified atom stereocenters. The van der Waals surface area contributed by atoms with Crippen LogP contribution in [-0.4, -0.2) is 33.6 Å². The lowest BCUT2D eigenvalue weighted by molar-refractivity contribution is -0.279. The van der Waals surface area contributed by atoms with Crippen LogP contribution in [0.3, 0.4) is 0 Å². The normalized spacial score (nSPS) is 25.2. The molecule has 0 saturated heterocycles. The van der Waals surface area contributed by atoms with Crippen molar-refractivity contribution in [3.63, 3.8) is 0 Å². The zero-order valence-electron chi connectivity index (χ0n) is 21.0. The number of Topliss-reactive ketones (excluding diaryl/α,β-unsaturated/α-hetero) is 1. The Morgan fingerprint density at radius 3 is 2.58 bits per heavy atom. The van der Waals surface area contributed by atoms with Gasteiger partial charge < -0.3 is 10.4 Å². The van der Waals surface area contributed by atoms with E-state index < -0.39 is 41.9 Å². The molecule has 2 aliphatic rings. The van der Waals surface area contributed by atoms with E-state index in [1.54, 1.807) is 43.5 Å². The molecular formula is C30H29F3N2O3. The largest absolute Gasteiger partial charge is 0.417 e. The number of ketones is 1. The Hall–Kier alpha value is -3.52. The van der Waals surface area contributed by atoms with Crippen LogP contribution in [-0.2, 0) is 11.8 Å². The number of hydrogen-bond donors (Lipinski definition) is 2. The summed E-state index contributed by atoms with van der Waals surface area (Å²) in [4.78, 5) is 30.6. The first kappa shape index (κ1) is 26.1. The van der Waals surface area contributed by atoms with Crippen LogP contribution in [0.4, 0.5) is 18.9 Å². The molecule has 2 aliphatic carbocycles. The van der Waals surface area contributed by atoms with Gasteiger partial charge in [0.1, 0.15) is 0 Å². The van der Waals surface area contributed by atoms with E-state index in [-0.39, 0.29) is 30.6 Å². The van der Waals surface area contributed by atoms with Gasteiger partial charge in [0.25, 0.3) is 5.91 Å². The molecule has 3 aromatic rings. The second-order valence-electron chi connectivity index (χ2n) is 10.6. The molecule has 3 atom stereocenters. The number of aromatic nitrogens is 1. The van der Waals surface area contributed by atoms with Crippen molar-refractivity contribution < 1.29 is 27.9 Å². The van der Waals surface area contributed by atoms with Gasteiger partial charge in [-0.3, -0.25) is 14.6 Å². The molecular weight excluding hydrogens is 493 g/mol. The summed E-state index contributed by atoms with van der Waals surface area (Å²) in [6, 6.07) is 17.9. The van der Waals surface area contributed by atoms with Crippen LogP contribution in [0.1, 0.15) is 69.6 Å². The lowest BCUT2D eigenvalue weighted by Gasteiger charge is -2.50. The number of fused-ring (bicyclic) bond motifs is 3. The van der Waals surface area contributed by atoms with Crippen LogP contribution in [0.2, 0.25) is 0 Å². The predicted molar refractivity (Wildman–Crippen MR) is 137 cm³/mol. The standard InChI is InChI=1S/C30H29F3N2O3/c1-19-25(8-5-15-34-19)35-27(37)21-9-11-24-23(16-21)26(36)12-10-22-18-29(38,30(31,32)33)14-13-28(22,24)17-20-6-3-2-4-7-20/h2-9,11,15-16,22,38H,10,12-14,17-18H2,1H3,(H,35,37)/t22-,28+,29-/m1/s1. The number of hydrogen-bond acceptors (Lipinski definition) is 4. The number of benzene rings is 2. The van der Waals surface area contributed by atoms with Crippen LogP contribution in [0, 0.1) is 12.8 Å². The topological polar surface area (TPSA) is 79.3 Å². The first-order valence-corrected chi connectivity index (χ1v) is 12.8. The lowest BCUT2D eigenvalue weighted by Crippen LogP contribution is -2.55. The highest BCUT2D eigenvalue weighted by Gasteiger charge is 2.61. The highest BCUT2D eigenvalue weighted by molar-refractivity contribution is 6.07. The maximum absolute atomic E-state index is 13.9.